The lowest BCUT2D eigenvalue weighted by molar-refractivity contribution is 0.0955. The minimum atomic E-state index is -0.310. The molecule has 0 aromatic heterocycles. The van der Waals surface area contributed by atoms with Gasteiger partial charge in [0.1, 0.15) is 13.2 Å². The van der Waals surface area contributed by atoms with Crippen molar-refractivity contribution in [2.24, 2.45) is 5.10 Å². The van der Waals surface area contributed by atoms with E-state index in [1.165, 1.54) is 6.21 Å². The van der Waals surface area contributed by atoms with Crippen molar-refractivity contribution in [1.29, 1.82) is 0 Å². The van der Waals surface area contributed by atoms with Crippen molar-refractivity contribution in [1.82, 2.24) is 5.43 Å². The van der Waals surface area contributed by atoms with Crippen molar-refractivity contribution in [2.75, 3.05) is 13.7 Å². The van der Waals surface area contributed by atoms with E-state index in [4.69, 9.17) is 30.5 Å². The van der Waals surface area contributed by atoms with E-state index in [1.807, 2.05) is 61.5 Å². The van der Waals surface area contributed by atoms with Gasteiger partial charge in [-0.3, -0.25) is 4.79 Å². The van der Waals surface area contributed by atoms with Crippen molar-refractivity contribution in [2.45, 2.75) is 20.1 Å². The van der Waals surface area contributed by atoms with Gasteiger partial charge in [-0.25, -0.2) is 5.43 Å². The highest BCUT2D eigenvalue weighted by Gasteiger charge is 2.14. The summed E-state index contributed by atoms with van der Waals surface area (Å²) in [5.41, 5.74) is 5.60. The van der Waals surface area contributed by atoms with Gasteiger partial charge in [0.05, 0.1) is 25.0 Å². The van der Waals surface area contributed by atoms with Gasteiger partial charge in [0.15, 0.2) is 23.0 Å². The number of nitrogens with zero attached hydrogens (tertiary/aromatic N) is 1. The number of ether oxygens (including phenoxy) is 4. The minimum Gasteiger partial charge on any atom is -0.493 e. The maximum absolute atomic E-state index is 12.2. The van der Waals surface area contributed by atoms with Gasteiger partial charge in [-0.1, -0.05) is 66.2 Å². The van der Waals surface area contributed by atoms with Gasteiger partial charge < -0.3 is 18.9 Å². The largest absolute Gasteiger partial charge is 0.493 e. The lowest BCUT2D eigenvalue weighted by Crippen LogP contribution is -2.17. The van der Waals surface area contributed by atoms with Crippen LogP contribution >= 0.6 is 11.6 Å². The molecule has 0 radical (unpaired) electrons. The Morgan fingerprint density at radius 2 is 1.54 bits per heavy atom. The highest BCUT2D eigenvalue weighted by molar-refractivity contribution is 6.32. The Morgan fingerprint density at radius 3 is 2.26 bits per heavy atom. The molecule has 0 atom stereocenters. The highest BCUT2D eigenvalue weighted by Crippen LogP contribution is 2.37. The molecule has 0 aliphatic rings. The van der Waals surface area contributed by atoms with Crippen LogP contribution < -0.4 is 24.4 Å². The number of methoxy groups -OCH3 is 1. The lowest BCUT2D eigenvalue weighted by Gasteiger charge is -2.16. The Kier molecular flexibility index (Phi) is 9.80. The zero-order valence-corrected chi connectivity index (χ0v) is 22.5. The monoisotopic (exact) mass is 544 g/mol. The van der Waals surface area contributed by atoms with Crippen molar-refractivity contribution < 1.29 is 23.7 Å². The summed E-state index contributed by atoms with van der Waals surface area (Å²) in [7, 11) is 1.60. The second-order valence-corrected chi connectivity index (χ2v) is 8.78. The van der Waals surface area contributed by atoms with E-state index >= 15 is 0 Å². The van der Waals surface area contributed by atoms with Crippen LogP contribution in [0.1, 0.15) is 34.0 Å². The maximum atomic E-state index is 12.2. The van der Waals surface area contributed by atoms with Gasteiger partial charge in [-0.05, 0) is 60.0 Å². The average Bonchev–Trinajstić information content (AvgIpc) is 2.97. The van der Waals surface area contributed by atoms with Crippen molar-refractivity contribution in [3.8, 4) is 23.0 Å². The fourth-order valence-electron chi connectivity index (χ4n) is 3.70. The molecule has 4 aromatic carbocycles. The highest BCUT2D eigenvalue weighted by atomic mass is 35.5. The Morgan fingerprint density at radius 1 is 0.821 bits per heavy atom. The molecule has 39 heavy (non-hydrogen) atoms. The summed E-state index contributed by atoms with van der Waals surface area (Å²) >= 11 is 6.56. The van der Waals surface area contributed by atoms with Gasteiger partial charge in [0.25, 0.3) is 5.91 Å². The van der Waals surface area contributed by atoms with E-state index in [0.29, 0.717) is 52.4 Å². The van der Waals surface area contributed by atoms with Gasteiger partial charge in [-0.15, -0.1) is 0 Å². The molecule has 0 aliphatic carbocycles. The smallest absolute Gasteiger partial charge is 0.271 e. The molecular formula is C31H29ClN2O5. The summed E-state index contributed by atoms with van der Waals surface area (Å²) in [5, 5.41) is 4.39. The molecule has 0 spiro atoms. The van der Waals surface area contributed by atoms with E-state index in [9.17, 15) is 4.79 Å². The van der Waals surface area contributed by atoms with Crippen LogP contribution in [0.4, 0.5) is 0 Å². The molecule has 0 saturated heterocycles. The van der Waals surface area contributed by atoms with Crippen molar-refractivity contribution in [3.63, 3.8) is 0 Å². The normalized spacial score (nSPS) is 10.7. The molecule has 0 saturated carbocycles. The number of rotatable bonds is 12. The van der Waals surface area contributed by atoms with Crippen LogP contribution in [0.5, 0.6) is 23.0 Å². The molecule has 4 rings (SSSR count). The second-order valence-electron chi connectivity index (χ2n) is 8.38. The van der Waals surface area contributed by atoms with E-state index < -0.39 is 0 Å². The van der Waals surface area contributed by atoms with Crippen molar-refractivity contribution in [3.05, 3.63) is 118 Å². The van der Waals surface area contributed by atoms with Gasteiger partial charge in [0.2, 0.25) is 0 Å². The predicted octanol–water partition coefficient (Wildman–Crippen LogP) is 6.67. The number of halogens is 1. The van der Waals surface area contributed by atoms with Crippen LogP contribution in [0.25, 0.3) is 0 Å². The van der Waals surface area contributed by atoms with E-state index in [0.717, 1.165) is 11.1 Å². The number of hydrogen-bond donors (Lipinski definition) is 1. The zero-order chi connectivity index (χ0) is 27.5. The maximum Gasteiger partial charge on any atom is 0.271 e. The molecule has 0 aliphatic heterocycles. The summed E-state index contributed by atoms with van der Waals surface area (Å²) in [6.45, 7) is 2.96. The molecule has 0 bridgehead atoms. The summed E-state index contributed by atoms with van der Waals surface area (Å²) in [6.07, 6.45) is 1.50. The third-order valence-electron chi connectivity index (χ3n) is 5.60. The van der Waals surface area contributed by atoms with Crippen LogP contribution in [0.2, 0.25) is 5.02 Å². The molecule has 4 aromatic rings. The van der Waals surface area contributed by atoms with E-state index in [2.05, 4.69) is 10.5 Å². The fraction of sp³-hybridized carbons (Fsp3) is 0.161. The van der Waals surface area contributed by atoms with Crippen LogP contribution in [0.3, 0.4) is 0 Å². The predicted molar refractivity (Wildman–Crippen MR) is 152 cm³/mol. The lowest BCUT2D eigenvalue weighted by atomic mass is 10.2. The first kappa shape index (κ1) is 27.5. The molecule has 200 valence electrons. The number of carbonyl (C=O) groups is 1. The van der Waals surface area contributed by atoms with Crippen LogP contribution in [-0.4, -0.2) is 25.8 Å². The number of carbonyl (C=O) groups excluding carboxylic acids is 1. The SMILES string of the molecule is CCOc1cc(/C=N/NC(=O)c2ccccc2)cc(Cl)c1OCc1ccc(OCc2ccccc2)c(OC)c1. The quantitative estimate of drug-likeness (QED) is 0.159. The van der Waals surface area contributed by atoms with Crippen LogP contribution in [-0.2, 0) is 13.2 Å². The van der Waals surface area contributed by atoms with Gasteiger partial charge in [0, 0.05) is 5.56 Å². The summed E-state index contributed by atoms with van der Waals surface area (Å²) in [6, 6.07) is 27.8. The first-order valence-electron chi connectivity index (χ1n) is 12.4. The molecule has 1 amide bonds. The number of nitrogens with one attached hydrogen (secondary N) is 1. The topological polar surface area (TPSA) is 78.4 Å². The second kappa shape index (κ2) is 13.9. The standard InChI is InChI=1S/C31H29ClN2O5/c1-3-37-29-18-24(19-33-34-31(35)25-12-8-5-9-13-25)16-26(32)30(29)39-21-23-14-15-27(28(17-23)36-2)38-20-22-10-6-4-7-11-22/h4-19H,3,20-21H2,1-2H3,(H,34,35)/b33-19+. The Hall–Kier alpha value is -4.49. The summed E-state index contributed by atoms with van der Waals surface area (Å²) < 4.78 is 23.3. The molecule has 0 fully saturated rings. The van der Waals surface area contributed by atoms with E-state index in [-0.39, 0.29) is 12.5 Å². The molecule has 8 heteroatoms. The molecule has 0 unspecified atom stereocenters. The molecule has 7 nitrogen and oxygen atoms in total. The first-order chi connectivity index (χ1) is 19.1. The first-order valence-corrected chi connectivity index (χ1v) is 12.8. The number of hydrogen-bond acceptors (Lipinski definition) is 6. The Bertz CT molecular complexity index is 1410. The minimum absolute atomic E-state index is 0.232. The van der Waals surface area contributed by atoms with Crippen molar-refractivity contribution >= 4 is 23.7 Å². The number of amides is 1. The Balaban J connectivity index is 1.42. The molecule has 0 heterocycles. The third-order valence-corrected chi connectivity index (χ3v) is 5.88. The van der Waals surface area contributed by atoms with Gasteiger partial charge in [-0.2, -0.15) is 5.10 Å². The summed E-state index contributed by atoms with van der Waals surface area (Å²) in [5.74, 6) is 1.81. The molecule has 1 N–H and O–H groups in total. The van der Waals surface area contributed by atoms with Gasteiger partial charge >= 0.3 is 0 Å². The molecular weight excluding hydrogens is 516 g/mol. The third kappa shape index (κ3) is 7.75. The van der Waals surface area contributed by atoms with E-state index in [1.54, 1.807) is 43.5 Å². The van der Waals surface area contributed by atoms with Crippen LogP contribution in [0, 0.1) is 0 Å². The average molecular weight is 545 g/mol. The number of benzene rings is 4. The Labute approximate surface area is 232 Å². The number of hydrazone groups is 1. The van der Waals surface area contributed by atoms with Crippen LogP contribution in [0.15, 0.2) is 96.1 Å². The fourth-order valence-corrected chi connectivity index (χ4v) is 3.97. The summed E-state index contributed by atoms with van der Waals surface area (Å²) in [4.78, 5) is 12.2. The zero-order valence-electron chi connectivity index (χ0n) is 21.7.